The van der Waals surface area contributed by atoms with Crippen LogP contribution in [0.1, 0.15) is 38.2 Å². The number of carbonyl (C=O) groups is 1. The summed E-state index contributed by atoms with van der Waals surface area (Å²) in [6.45, 7) is 3.25. The van der Waals surface area contributed by atoms with Crippen molar-refractivity contribution in [2.24, 2.45) is 0 Å². The van der Waals surface area contributed by atoms with Crippen LogP contribution in [0.4, 0.5) is 10.5 Å². The monoisotopic (exact) mass is 261 g/mol. The number of urea groups is 1. The normalized spacial score (nSPS) is 15.4. The van der Waals surface area contributed by atoms with Crippen molar-refractivity contribution in [1.29, 1.82) is 0 Å². The van der Waals surface area contributed by atoms with Gasteiger partial charge < -0.3 is 16.0 Å². The van der Waals surface area contributed by atoms with Crippen molar-refractivity contribution in [2.45, 2.75) is 45.2 Å². The number of nitrogens with zero attached hydrogens (tertiary/aromatic N) is 1. The Morgan fingerprint density at radius 1 is 1.37 bits per heavy atom. The van der Waals surface area contributed by atoms with E-state index in [4.69, 9.17) is 5.73 Å². The van der Waals surface area contributed by atoms with Crippen molar-refractivity contribution in [3.05, 3.63) is 29.8 Å². The quantitative estimate of drug-likeness (QED) is 0.819. The minimum absolute atomic E-state index is 0.0256. The van der Waals surface area contributed by atoms with Gasteiger partial charge in [-0.1, -0.05) is 31.0 Å². The third-order valence-corrected chi connectivity index (χ3v) is 3.77. The number of benzene rings is 1. The largest absolute Gasteiger partial charge is 0.398 e. The Bertz CT molecular complexity index is 427. The topological polar surface area (TPSA) is 58.4 Å². The molecular formula is C15H23N3O. The molecule has 1 aliphatic carbocycles. The van der Waals surface area contributed by atoms with Gasteiger partial charge in [-0.3, -0.25) is 0 Å². The van der Waals surface area contributed by atoms with Crippen LogP contribution in [-0.4, -0.2) is 23.5 Å². The zero-order valence-electron chi connectivity index (χ0n) is 11.6. The van der Waals surface area contributed by atoms with E-state index >= 15 is 0 Å². The maximum atomic E-state index is 12.2. The third-order valence-electron chi connectivity index (χ3n) is 3.77. The zero-order chi connectivity index (χ0) is 13.7. The van der Waals surface area contributed by atoms with E-state index in [1.807, 2.05) is 36.1 Å². The van der Waals surface area contributed by atoms with Crippen LogP contribution in [0.5, 0.6) is 0 Å². The lowest BCUT2D eigenvalue weighted by Crippen LogP contribution is -2.43. The molecule has 0 aromatic heterocycles. The fraction of sp³-hybridized carbons (Fsp3) is 0.533. The number of rotatable bonds is 4. The van der Waals surface area contributed by atoms with E-state index in [0.29, 0.717) is 19.1 Å². The number of hydrogen-bond acceptors (Lipinski definition) is 2. The summed E-state index contributed by atoms with van der Waals surface area (Å²) in [7, 11) is 0. The number of amides is 2. The molecule has 0 unspecified atom stereocenters. The van der Waals surface area contributed by atoms with Crippen LogP contribution >= 0.6 is 0 Å². The smallest absolute Gasteiger partial charge is 0.317 e. The van der Waals surface area contributed by atoms with Crippen LogP contribution in [0.3, 0.4) is 0 Å². The van der Waals surface area contributed by atoms with Gasteiger partial charge >= 0.3 is 6.03 Å². The molecule has 2 rings (SSSR count). The minimum Gasteiger partial charge on any atom is -0.398 e. The van der Waals surface area contributed by atoms with E-state index in [2.05, 4.69) is 5.32 Å². The summed E-state index contributed by atoms with van der Waals surface area (Å²) in [5.41, 5.74) is 7.68. The molecule has 3 N–H and O–H groups in total. The van der Waals surface area contributed by atoms with E-state index < -0.39 is 0 Å². The highest BCUT2D eigenvalue weighted by Crippen LogP contribution is 2.18. The second kappa shape index (κ2) is 6.45. The third kappa shape index (κ3) is 3.63. The molecule has 0 aliphatic heterocycles. The minimum atomic E-state index is 0.0256. The lowest BCUT2D eigenvalue weighted by molar-refractivity contribution is 0.194. The molecule has 19 heavy (non-hydrogen) atoms. The Morgan fingerprint density at radius 3 is 2.68 bits per heavy atom. The van der Waals surface area contributed by atoms with Gasteiger partial charge in [0.05, 0.1) is 0 Å². The van der Waals surface area contributed by atoms with E-state index in [-0.39, 0.29) is 6.03 Å². The Balaban J connectivity index is 1.95. The van der Waals surface area contributed by atoms with Crippen molar-refractivity contribution >= 4 is 11.7 Å². The maximum Gasteiger partial charge on any atom is 0.317 e. The summed E-state index contributed by atoms with van der Waals surface area (Å²) in [6.07, 6.45) is 4.67. The number of nitrogens with two attached hydrogens (primary N) is 1. The average Bonchev–Trinajstić information content (AvgIpc) is 2.90. The molecule has 0 radical (unpaired) electrons. The van der Waals surface area contributed by atoms with Crippen LogP contribution in [-0.2, 0) is 6.54 Å². The summed E-state index contributed by atoms with van der Waals surface area (Å²) >= 11 is 0. The Kier molecular flexibility index (Phi) is 4.66. The molecule has 1 aromatic rings. The zero-order valence-corrected chi connectivity index (χ0v) is 11.6. The van der Waals surface area contributed by atoms with Gasteiger partial charge in [-0.05, 0) is 31.4 Å². The fourth-order valence-electron chi connectivity index (χ4n) is 2.55. The predicted octanol–water partition coefficient (Wildman–Crippen LogP) is 2.74. The van der Waals surface area contributed by atoms with Crippen LogP contribution < -0.4 is 11.1 Å². The molecule has 0 atom stereocenters. The van der Waals surface area contributed by atoms with Gasteiger partial charge in [-0.2, -0.15) is 0 Å². The summed E-state index contributed by atoms with van der Waals surface area (Å²) in [5, 5.41) is 3.12. The first kappa shape index (κ1) is 13.7. The van der Waals surface area contributed by atoms with Crippen molar-refractivity contribution in [2.75, 3.05) is 12.3 Å². The molecule has 0 spiro atoms. The van der Waals surface area contributed by atoms with Crippen molar-refractivity contribution in [1.82, 2.24) is 10.2 Å². The van der Waals surface area contributed by atoms with Gasteiger partial charge in [0.25, 0.3) is 0 Å². The summed E-state index contributed by atoms with van der Waals surface area (Å²) in [5.74, 6) is 0. The van der Waals surface area contributed by atoms with Gasteiger partial charge in [-0.15, -0.1) is 0 Å². The lowest BCUT2D eigenvalue weighted by Gasteiger charge is -2.24. The van der Waals surface area contributed by atoms with Crippen LogP contribution in [0.25, 0.3) is 0 Å². The first-order chi connectivity index (χ1) is 9.20. The molecule has 1 fully saturated rings. The van der Waals surface area contributed by atoms with Gasteiger partial charge in [0.2, 0.25) is 0 Å². The van der Waals surface area contributed by atoms with Crippen molar-refractivity contribution in [3.8, 4) is 0 Å². The van der Waals surface area contributed by atoms with Crippen LogP contribution in [0.15, 0.2) is 24.3 Å². The molecule has 104 valence electrons. The highest BCUT2D eigenvalue weighted by molar-refractivity contribution is 5.74. The standard InChI is InChI=1S/C15H23N3O/c1-2-18(11-12-7-3-6-10-14(12)16)15(19)17-13-8-4-5-9-13/h3,6-7,10,13H,2,4-5,8-9,11,16H2,1H3,(H,17,19). The van der Waals surface area contributed by atoms with E-state index in [1.165, 1.54) is 12.8 Å². The van der Waals surface area contributed by atoms with Crippen LogP contribution in [0.2, 0.25) is 0 Å². The first-order valence-corrected chi connectivity index (χ1v) is 7.09. The SMILES string of the molecule is CCN(Cc1ccccc1N)C(=O)NC1CCCC1. The van der Waals surface area contributed by atoms with E-state index in [1.54, 1.807) is 0 Å². The Hall–Kier alpha value is -1.71. The lowest BCUT2D eigenvalue weighted by atomic mass is 10.1. The second-order valence-corrected chi connectivity index (χ2v) is 5.14. The number of hydrogen-bond donors (Lipinski definition) is 2. The predicted molar refractivity (Wildman–Crippen MR) is 77.7 cm³/mol. The number of nitrogens with one attached hydrogen (secondary N) is 1. The molecular weight excluding hydrogens is 238 g/mol. The number of para-hydroxylation sites is 1. The molecule has 4 nitrogen and oxygen atoms in total. The molecule has 0 saturated heterocycles. The molecule has 1 saturated carbocycles. The number of nitrogen functional groups attached to an aromatic ring is 1. The number of anilines is 1. The fourth-order valence-corrected chi connectivity index (χ4v) is 2.55. The summed E-state index contributed by atoms with van der Waals surface area (Å²) in [6, 6.07) is 8.09. The Morgan fingerprint density at radius 2 is 2.05 bits per heavy atom. The van der Waals surface area contributed by atoms with Gasteiger partial charge in [0.1, 0.15) is 0 Å². The van der Waals surface area contributed by atoms with E-state index in [9.17, 15) is 4.79 Å². The molecule has 2 amide bonds. The van der Waals surface area contributed by atoms with Crippen LogP contribution in [0, 0.1) is 0 Å². The molecule has 4 heteroatoms. The van der Waals surface area contributed by atoms with Crippen molar-refractivity contribution in [3.63, 3.8) is 0 Å². The molecule has 1 aliphatic rings. The van der Waals surface area contributed by atoms with Crippen molar-refractivity contribution < 1.29 is 4.79 Å². The number of carbonyl (C=O) groups excluding carboxylic acids is 1. The van der Waals surface area contributed by atoms with Gasteiger partial charge in [0, 0.05) is 24.8 Å². The highest BCUT2D eigenvalue weighted by atomic mass is 16.2. The highest BCUT2D eigenvalue weighted by Gasteiger charge is 2.20. The first-order valence-electron chi connectivity index (χ1n) is 7.09. The summed E-state index contributed by atoms with van der Waals surface area (Å²) < 4.78 is 0. The van der Waals surface area contributed by atoms with E-state index in [0.717, 1.165) is 24.1 Å². The average molecular weight is 261 g/mol. The Labute approximate surface area is 115 Å². The van der Waals surface area contributed by atoms with Gasteiger partial charge in [0.15, 0.2) is 0 Å². The molecule has 0 bridgehead atoms. The van der Waals surface area contributed by atoms with Gasteiger partial charge in [-0.25, -0.2) is 4.79 Å². The second-order valence-electron chi connectivity index (χ2n) is 5.14. The molecule has 0 heterocycles. The molecule has 1 aromatic carbocycles. The maximum absolute atomic E-state index is 12.2. The summed E-state index contributed by atoms with van der Waals surface area (Å²) in [4.78, 5) is 14.0.